The van der Waals surface area contributed by atoms with Crippen molar-refractivity contribution in [2.75, 3.05) is 12.4 Å². The Kier molecular flexibility index (Phi) is 5.62. The van der Waals surface area contributed by atoms with Crippen LogP contribution in [0.25, 0.3) is 0 Å². The third-order valence-corrected chi connectivity index (χ3v) is 3.64. The molecule has 0 spiro atoms. The van der Waals surface area contributed by atoms with Crippen LogP contribution in [0.5, 0.6) is 5.75 Å². The van der Waals surface area contributed by atoms with Crippen LogP contribution in [0.4, 0.5) is 0 Å². The zero-order chi connectivity index (χ0) is 13.6. The van der Waals surface area contributed by atoms with Crippen LogP contribution in [-0.2, 0) is 10.1 Å². The van der Waals surface area contributed by atoms with Gasteiger partial charge in [0.05, 0.1) is 16.7 Å². The molecule has 0 fully saturated rings. The first-order valence-corrected chi connectivity index (χ1v) is 7.66. The fraction of sp³-hybridized carbons (Fsp3) is 0.538. The van der Waals surface area contributed by atoms with Gasteiger partial charge < -0.3 is 9.29 Å². The molecule has 1 aromatic carbocycles. The lowest BCUT2D eigenvalue weighted by Gasteiger charge is -2.12. The second kappa shape index (κ2) is 6.75. The van der Waals surface area contributed by atoms with Crippen molar-refractivity contribution >= 4 is 10.1 Å². The highest BCUT2D eigenvalue weighted by Gasteiger charge is 2.04. The molecule has 0 aliphatic heterocycles. The highest BCUT2D eigenvalue weighted by molar-refractivity contribution is 7.85. The van der Waals surface area contributed by atoms with E-state index in [-0.39, 0.29) is 18.8 Å². The molecule has 0 aliphatic carbocycles. The maximum absolute atomic E-state index is 10.4. The van der Waals surface area contributed by atoms with Crippen molar-refractivity contribution in [1.29, 1.82) is 0 Å². The second-order valence-electron chi connectivity index (χ2n) is 4.35. The summed E-state index contributed by atoms with van der Waals surface area (Å²) in [5, 5.41) is 0. The average Bonchev–Trinajstić information content (AvgIpc) is 2.33. The van der Waals surface area contributed by atoms with Crippen LogP contribution in [-0.4, -0.2) is 25.3 Å². The predicted octanol–water partition coefficient (Wildman–Crippen LogP) is 2.51. The first-order valence-electron chi connectivity index (χ1n) is 6.08. The van der Waals surface area contributed by atoms with Crippen LogP contribution < -0.4 is 4.74 Å². The Morgan fingerprint density at radius 3 is 2.72 bits per heavy atom. The standard InChI is InChI=1S/C13H20O4S/c1-3-11(2)12-6-4-7-13(10-12)17-8-5-9-18(14,15)16/h4,6-7,10-11H,3,5,8-9H2,1-2H3,(H,14,15,16)/p-1. The van der Waals surface area contributed by atoms with Gasteiger partial charge >= 0.3 is 0 Å². The summed E-state index contributed by atoms with van der Waals surface area (Å²) in [6.45, 7) is 4.51. The van der Waals surface area contributed by atoms with Gasteiger partial charge in [-0.2, -0.15) is 0 Å². The van der Waals surface area contributed by atoms with Crippen LogP contribution in [0.2, 0.25) is 0 Å². The molecule has 1 rings (SSSR count). The quantitative estimate of drug-likeness (QED) is 0.564. The molecule has 0 heterocycles. The largest absolute Gasteiger partial charge is 0.748 e. The number of ether oxygens (including phenoxy) is 1. The number of rotatable bonds is 7. The molecular formula is C13H19O4S-. The van der Waals surface area contributed by atoms with Gasteiger partial charge in [-0.3, -0.25) is 0 Å². The summed E-state index contributed by atoms with van der Waals surface area (Å²) in [6, 6.07) is 7.75. The highest BCUT2D eigenvalue weighted by atomic mass is 32.2. The molecule has 102 valence electrons. The van der Waals surface area contributed by atoms with E-state index in [0.29, 0.717) is 5.92 Å². The zero-order valence-corrected chi connectivity index (χ0v) is 11.6. The highest BCUT2D eigenvalue weighted by Crippen LogP contribution is 2.22. The lowest BCUT2D eigenvalue weighted by Crippen LogP contribution is -2.09. The molecule has 18 heavy (non-hydrogen) atoms. The van der Waals surface area contributed by atoms with Crippen molar-refractivity contribution in [1.82, 2.24) is 0 Å². The Labute approximate surface area is 109 Å². The fourth-order valence-corrected chi connectivity index (χ4v) is 2.04. The molecule has 0 aromatic heterocycles. The van der Waals surface area contributed by atoms with Gasteiger partial charge in [-0.1, -0.05) is 26.0 Å². The Morgan fingerprint density at radius 2 is 2.11 bits per heavy atom. The van der Waals surface area contributed by atoms with Gasteiger partial charge in [0.25, 0.3) is 0 Å². The minimum Gasteiger partial charge on any atom is -0.748 e. The summed E-state index contributed by atoms with van der Waals surface area (Å²) in [6.07, 6.45) is 1.28. The lowest BCUT2D eigenvalue weighted by atomic mass is 9.99. The van der Waals surface area contributed by atoms with Crippen molar-refractivity contribution < 1.29 is 17.7 Å². The first-order chi connectivity index (χ1) is 8.42. The number of benzene rings is 1. The molecule has 1 atom stereocenters. The van der Waals surface area contributed by atoms with E-state index in [0.717, 1.165) is 12.2 Å². The Balaban J connectivity index is 2.48. The van der Waals surface area contributed by atoms with Gasteiger partial charge in [-0.05, 0) is 36.5 Å². The van der Waals surface area contributed by atoms with Gasteiger partial charge in [0.1, 0.15) is 5.75 Å². The summed E-state index contributed by atoms with van der Waals surface area (Å²) in [5.41, 5.74) is 1.20. The summed E-state index contributed by atoms with van der Waals surface area (Å²) in [5.74, 6) is 0.810. The Bertz CT molecular complexity index is 468. The normalized spacial score (nSPS) is 13.3. The monoisotopic (exact) mass is 271 g/mol. The van der Waals surface area contributed by atoms with Crippen molar-refractivity contribution in [2.24, 2.45) is 0 Å². The molecule has 0 amide bonds. The average molecular weight is 271 g/mol. The molecule has 0 N–H and O–H groups in total. The molecular weight excluding hydrogens is 252 g/mol. The van der Waals surface area contributed by atoms with E-state index in [1.54, 1.807) is 0 Å². The number of hydrogen-bond acceptors (Lipinski definition) is 4. The molecule has 0 radical (unpaired) electrons. The molecule has 1 aromatic rings. The molecule has 0 saturated carbocycles. The predicted molar refractivity (Wildman–Crippen MR) is 69.8 cm³/mol. The number of hydrogen-bond donors (Lipinski definition) is 0. The van der Waals surface area contributed by atoms with Crippen LogP contribution >= 0.6 is 0 Å². The molecule has 0 bridgehead atoms. The summed E-state index contributed by atoms with van der Waals surface area (Å²) < 4.78 is 36.7. The third kappa shape index (κ3) is 5.51. The van der Waals surface area contributed by atoms with E-state index in [2.05, 4.69) is 13.8 Å². The minimum absolute atomic E-state index is 0.222. The van der Waals surface area contributed by atoms with E-state index in [1.807, 2.05) is 24.3 Å². The van der Waals surface area contributed by atoms with Crippen molar-refractivity contribution in [3.8, 4) is 5.75 Å². The third-order valence-electron chi connectivity index (χ3n) is 2.85. The van der Waals surface area contributed by atoms with Crippen molar-refractivity contribution in [2.45, 2.75) is 32.6 Å². The van der Waals surface area contributed by atoms with Crippen LogP contribution in [0.3, 0.4) is 0 Å². The Morgan fingerprint density at radius 1 is 1.39 bits per heavy atom. The van der Waals surface area contributed by atoms with E-state index < -0.39 is 10.1 Å². The van der Waals surface area contributed by atoms with Crippen LogP contribution in [0.15, 0.2) is 24.3 Å². The van der Waals surface area contributed by atoms with Crippen molar-refractivity contribution in [3.05, 3.63) is 29.8 Å². The fourth-order valence-electron chi connectivity index (χ4n) is 1.57. The van der Waals surface area contributed by atoms with Crippen LogP contribution in [0.1, 0.15) is 38.2 Å². The second-order valence-corrected chi connectivity index (χ2v) is 5.87. The SMILES string of the molecule is CCC(C)c1cccc(OCCCS(=O)(=O)[O-])c1. The van der Waals surface area contributed by atoms with Crippen molar-refractivity contribution in [3.63, 3.8) is 0 Å². The van der Waals surface area contributed by atoms with Gasteiger partial charge in [0, 0.05) is 5.75 Å². The molecule has 5 heteroatoms. The van der Waals surface area contributed by atoms with Gasteiger partial charge in [-0.25, -0.2) is 8.42 Å². The smallest absolute Gasteiger partial charge is 0.119 e. The summed E-state index contributed by atoms with van der Waals surface area (Å²) in [4.78, 5) is 0. The Hall–Kier alpha value is -1.07. The summed E-state index contributed by atoms with van der Waals surface area (Å²) in [7, 11) is -4.13. The van der Waals surface area contributed by atoms with Gasteiger partial charge in [0.2, 0.25) is 0 Å². The van der Waals surface area contributed by atoms with E-state index in [4.69, 9.17) is 4.74 Å². The topological polar surface area (TPSA) is 66.4 Å². The molecule has 1 unspecified atom stereocenters. The molecule has 0 saturated heterocycles. The maximum Gasteiger partial charge on any atom is 0.119 e. The van der Waals surface area contributed by atoms with E-state index >= 15 is 0 Å². The maximum atomic E-state index is 10.4. The van der Waals surface area contributed by atoms with Crippen LogP contribution in [0, 0.1) is 0 Å². The summed E-state index contributed by atoms with van der Waals surface area (Å²) >= 11 is 0. The van der Waals surface area contributed by atoms with E-state index in [1.165, 1.54) is 5.56 Å². The van der Waals surface area contributed by atoms with Gasteiger partial charge in [-0.15, -0.1) is 0 Å². The lowest BCUT2D eigenvalue weighted by molar-refractivity contribution is 0.315. The minimum atomic E-state index is -4.13. The zero-order valence-electron chi connectivity index (χ0n) is 10.8. The van der Waals surface area contributed by atoms with Gasteiger partial charge in [0.15, 0.2) is 0 Å². The molecule has 0 aliphatic rings. The molecule has 4 nitrogen and oxygen atoms in total. The first kappa shape index (κ1) is 15.0. The van der Waals surface area contributed by atoms with E-state index in [9.17, 15) is 13.0 Å².